The van der Waals surface area contributed by atoms with Crippen molar-refractivity contribution in [1.29, 1.82) is 0 Å². The van der Waals surface area contributed by atoms with Crippen molar-refractivity contribution < 1.29 is 14.3 Å². The standard InChI is InChI=1S/C24H31N5O3/c1-29-12-11-16(5-4-6-22(30)26-17-7-10-23(32-3)25-15-17)13-21(29)24-27-19-9-8-18(31-2)14-20(19)28-24/h7-10,14-16,21H,4-6,11-13H2,1-3H3,(H,26,30)(H,27,28)/t16?,21-/m1/s1. The SMILES string of the molecule is COc1ccc2nc([C@H]3CC(CCCC(=O)Nc4ccc(OC)nc4)CCN3C)[nH]c2c1. The van der Waals surface area contributed by atoms with Gasteiger partial charge in [-0.05, 0) is 63.4 Å². The van der Waals surface area contributed by atoms with Crippen molar-refractivity contribution in [2.45, 2.75) is 38.1 Å². The van der Waals surface area contributed by atoms with Gasteiger partial charge in [0.25, 0.3) is 0 Å². The summed E-state index contributed by atoms with van der Waals surface area (Å²) in [5.74, 6) is 2.96. The molecule has 4 rings (SSSR count). The Morgan fingerprint density at radius 1 is 1.25 bits per heavy atom. The lowest BCUT2D eigenvalue weighted by molar-refractivity contribution is -0.116. The van der Waals surface area contributed by atoms with E-state index >= 15 is 0 Å². The Morgan fingerprint density at radius 2 is 2.12 bits per heavy atom. The molecule has 170 valence electrons. The number of piperidine rings is 1. The number of nitrogens with zero attached hydrogens (tertiary/aromatic N) is 3. The molecule has 1 saturated heterocycles. The van der Waals surface area contributed by atoms with Crippen LogP contribution in [0, 0.1) is 5.92 Å². The van der Waals surface area contributed by atoms with E-state index in [0.29, 0.717) is 23.9 Å². The number of pyridine rings is 1. The van der Waals surface area contributed by atoms with E-state index in [2.05, 4.69) is 27.2 Å². The van der Waals surface area contributed by atoms with E-state index in [1.807, 2.05) is 18.2 Å². The molecule has 3 heterocycles. The summed E-state index contributed by atoms with van der Waals surface area (Å²) in [7, 11) is 5.40. The minimum absolute atomic E-state index is 0.0210. The van der Waals surface area contributed by atoms with Gasteiger partial charge < -0.3 is 19.8 Å². The number of likely N-dealkylation sites (tertiary alicyclic amines) is 1. The number of aromatic amines is 1. The van der Waals surface area contributed by atoms with Gasteiger partial charge in [0.15, 0.2) is 0 Å². The van der Waals surface area contributed by atoms with E-state index in [1.165, 1.54) is 0 Å². The van der Waals surface area contributed by atoms with Crippen molar-refractivity contribution in [3.8, 4) is 11.6 Å². The first-order valence-electron chi connectivity index (χ1n) is 11.1. The second kappa shape index (κ2) is 9.99. The van der Waals surface area contributed by atoms with Gasteiger partial charge in [0.2, 0.25) is 11.8 Å². The van der Waals surface area contributed by atoms with Crippen LogP contribution in [-0.4, -0.2) is 53.6 Å². The summed E-state index contributed by atoms with van der Waals surface area (Å²) in [5, 5.41) is 2.91. The minimum atomic E-state index is 0.0210. The molecule has 2 aromatic heterocycles. The largest absolute Gasteiger partial charge is 0.497 e. The van der Waals surface area contributed by atoms with Crippen LogP contribution >= 0.6 is 0 Å². The number of methoxy groups -OCH3 is 2. The van der Waals surface area contributed by atoms with Crippen LogP contribution in [0.3, 0.4) is 0 Å². The fourth-order valence-corrected chi connectivity index (χ4v) is 4.38. The minimum Gasteiger partial charge on any atom is -0.497 e. The highest BCUT2D eigenvalue weighted by Crippen LogP contribution is 2.35. The molecular formula is C24H31N5O3. The Labute approximate surface area is 188 Å². The Morgan fingerprint density at radius 3 is 2.88 bits per heavy atom. The number of benzene rings is 1. The van der Waals surface area contributed by atoms with Crippen LogP contribution in [0.15, 0.2) is 36.5 Å². The molecule has 1 aliphatic heterocycles. The lowest BCUT2D eigenvalue weighted by Crippen LogP contribution is -2.34. The molecule has 0 bridgehead atoms. The number of H-pyrrole nitrogens is 1. The third-order valence-corrected chi connectivity index (χ3v) is 6.25. The molecule has 0 spiro atoms. The number of aromatic nitrogens is 3. The first-order chi connectivity index (χ1) is 15.6. The number of anilines is 1. The molecule has 2 N–H and O–H groups in total. The van der Waals surface area contributed by atoms with Crippen molar-refractivity contribution in [3.05, 3.63) is 42.4 Å². The molecule has 1 aromatic carbocycles. The predicted molar refractivity (Wildman–Crippen MR) is 124 cm³/mol. The molecule has 2 atom stereocenters. The molecule has 8 heteroatoms. The van der Waals surface area contributed by atoms with Crippen molar-refractivity contribution in [2.75, 3.05) is 33.1 Å². The van der Waals surface area contributed by atoms with Gasteiger partial charge in [-0.3, -0.25) is 9.69 Å². The number of rotatable bonds is 8. The third kappa shape index (κ3) is 5.19. The molecule has 32 heavy (non-hydrogen) atoms. The van der Waals surface area contributed by atoms with E-state index in [4.69, 9.17) is 14.5 Å². The average Bonchev–Trinajstić information content (AvgIpc) is 3.23. The number of fused-ring (bicyclic) bond motifs is 1. The summed E-state index contributed by atoms with van der Waals surface area (Å²) < 4.78 is 10.4. The van der Waals surface area contributed by atoms with E-state index in [9.17, 15) is 4.79 Å². The van der Waals surface area contributed by atoms with E-state index in [-0.39, 0.29) is 11.9 Å². The van der Waals surface area contributed by atoms with Gasteiger partial charge in [-0.2, -0.15) is 0 Å². The molecule has 1 fully saturated rings. The highest BCUT2D eigenvalue weighted by atomic mass is 16.5. The summed E-state index contributed by atoms with van der Waals surface area (Å²) in [6.07, 6.45) is 6.21. The topological polar surface area (TPSA) is 92.4 Å². The number of carbonyl (C=O) groups is 1. The summed E-state index contributed by atoms with van der Waals surface area (Å²) in [6, 6.07) is 9.71. The van der Waals surface area contributed by atoms with Gasteiger partial charge >= 0.3 is 0 Å². The van der Waals surface area contributed by atoms with Crippen molar-refractivity contribution >= 4 is 22.6 Å². The highest BCUT2D eigenvalue weighted by Gasteiger charge is 2.29. The Bertz CT molecular complexity index is 1050. The van der Waals surface area contributed by atoms with Crippen LogP contribution in [-0.2, 0) is 4.79 Å². The van der Waals surface area contributed by atoms with Crippen LogP contribution in [0.25, 0.3) is 11.0 Å². The fourth-order valence-electron chi connectivity index (χ4n) is 4.38. The van der Waals surface area contributed by atoms with Crippen LogP contribution < -0.4 is 14.8 Å². The van der Waals surface area contributed by atoms with E-state index in [1.54, 1.807) is 32.5 Å². The Hall–Kier alpha value is -3.13. The van der Waals surface area contributed by atoms with Crippen molar-refractivity contribution in [2.24, 2.45) is 5.92 Å². The summed E-state index contributed by atoms with van der Waals surface area (Å²) in [5.41, 5.74) is 2.65. The second-order valence-corrected chi connectivity index (χ2v) is 8.42. The zero-order chi connectivity index (χ0) is 22.5. The second-order valence-electron chi connectivity index (χ2n) is 8.42. The van der Waals surface area contributed by atoms with Crippen LogP contribution in [0.4, 0.5) is 5.69 Å². The van der Waals surface area contributed by atoms with Gasteiger partial charge in [-0.25, -0.2) is 9.97 Å². The number of ether oxygens (including phenoxy) is 2. The van der Waals surface area contributed by atoms with Crippen LogP contribution in [0.1, 0.15) is 44.0 Å². The first kappa shape index (κ1) is 22.1. The molecule has 1 amide bonds. The van der Waals surface area contributed by atoms with Crippen LogP contribution in [0.2, 0.25) is 0 Å². The quantitative estimate of drug-likeness (QED) is 0.550. The number of amides is 1. The predicted octanol–water partition coefficient (Wildman–Crippen LogP) is 4.17. The number of nitrogens with one attached hydrogen (secondary N) is 2. The van der Waals surface area contributed by atoms with E-state index < -0.39 is 0 Å². The number of carbonyl (C=O) groups excluding carboxylic acids is 1. The smallest absolute Gasteiger partial charge is 0.224 e. The number of imidazole rings is 1. The zero-order valence-corrected chi connectivity index (χ0v) is 18.9. The molecule has 1 unspecified atom stereocenters. The number of hydrogen-bond donors (Lipinski definition) is 2. The van der Waals surface area contributed by atoms with Crippen molar-refractivity contribution in [3.63, 3.8) is 0 Å². The summed E-state index contributed by atoms with van der Waals surface area (Å²) >= 11 is 0. The average molecular weight is 438 g/mol. The zero-order valence-electron chi connectivity index (χ0n) is 18.9. The molecule has 1 aliphatic rings. The monoisotopic (exact) mass is 437 g/mol. The van der Waals surface area contributed by atoms with Crippen molar-refractivity contribution in [1.82, 2.24) is 19.9 Å². The van der Waals surface area contributed by atoms with Gasteiger partial charge in [0, 0.05) is 18.6 Å². The summed E-state index contributed by atoms with van der Waals surface area (Å²) in [4.78, 5) is 27.1. The van der Waals surface area contributed by atoms with Gasteiger partial charge in [0.05, 0.1) is 43.2 Å². The molecule has 3 aromatic rings. The number of hydrogen-bond acceptors (Lipinski definition) is 6. The third-order valence-electron chi connectivity index (χ3n) is 6.25. The maximum absolute atomic E-state index is 12.3. The molecule has 0 saturated carbocycles. The maximum atomic E-state index is 12.3. The molecular weight excluding hydrogens is 406 g/mol. The Balaban J connectivity index is 1.30. The normalized spacial score (nSPS) is 19.1. The van der Waals surface area contributed by atoms with E-state index in [0.717, 1.165) is 54.8 Å². The molecule has 0 aliphatic carbocycles. The maximum Gasteiger partial charge on any atom is 0.224 e. The Kier molecular flexibility index (Phi) is 6.90. The lowest BCUT2D eigenvalue weighted by Gasteiger charge is -2.36. The fraction of sp³-hybridized carbons (Fsp3) is 0.458. The van der Waals surface area contributed by atoms with Gasteiger partial charge in [0.1, 0.15) is 11.6 Å². The lowest BCUT2D eigenvalue weighted by atomic mass is 9.87. The van der Waals surface area contributed by atoms with Gasteiger partial charge in [-0.15, -0.1) is 0 Å². The molecule has 0 radical (unpaired) electrons. The highest BCUT2D eigenvalue weighted by molar-refractivity contribution is 5.90. The molecule has 8 nitrogen and oxygen atoms in total. The first-order valence-corrected chi connectivity index (χ1v) is 11.1. The summed E-state index contributed by atoms with van der Waals surface area (Å²) in [6.45, 7) is 1.03. The van der Waals surface area contributed by atoms with Crippen LogP contribution in [0.5, 0.6) is 11.6 Å². The van der Waals surface area contributed by atoms with Gasteiger partial charge in [-0.1, -0.05) is 0 Å².